The zero-order valence-electron chi connectivity index (χ0n) is 15.9. The van der Waals surface area contributed by atoms with E-state index in [-0.39, 0.29) is 12.0 Å². The summed E-state index contributed by atoms with van der Waals surface area (Å²) in [6.45, 7) is 0.0144. The van der Waals surface area contributed by atoms with Crippen LogP contribution in [0.4, 0.5) is 0 Å². The molecule has 0 aromatic heterocycles. The number of rotatable bonds is 3. The maximum absolute atomic E-state index is 11.9. The molecule has 0 radical (unpaired) electrons. The summed E-state index contributed by atoms with van der Waals surface area (Å²) < 4.78 is 0. The van der Waals surface area contributed by atoms with Gasteiger partial charge in [-0.3, -0.25) is 4.79 Å². The Hall–Kier alpha value is -0.865. The average Bonchev–Trinajstić information content (AvgIpc) is 3.41. The highest BCUT2D eigenvalue weighted by Gasteiger charge is 2.75. The van der Waals surface area contributed by atoms with E-state index in [1.807, 2.05) is 12.2 Å². The van der Waals surface area contributed by atoms with Crippen molar-refractivity contribution in [1.82, 2.24) is 0 Å². The second kappa shape index (κ2) is 5.81. The SMILES string of the molecule is BCC12CCC3C4CCC(=O)C=C4CCC3C1C1CC1C2(O)/C=C\CO. The Bertz CT molecular complexity index is 685. The molecular weight excluding hydrogens is 323 g/mol. The fraction of sp³-hybridized carbons (Fsp3) is 0.773. The molecule has 8 unspecified atom stereocenters. The molecule has 4 saturated carbocycles. The van der Waals surface area contributed by atoms with Crippen LogP contribution < -0.4 is 0 Å². The van der Waals surface area contributed by atoms with Gasteiger partial charge in [0.15, 0.2) is 5.78 Å². The van der Waals surface area contributed by atoms with Gasteiger partial charge in [-0.1, -0.05) is 24.0 Å². The largest absolute Gasteiger partial charge is 0.392 e. The monoisotopic (exact) mass is 354 g/mol. The second-order valence-corrected chi connectivity index (χ2v) is 9.69. The summed E-state index contributed by atoms with van der Waals surface area (Å²) in [5, 5.41) is 21.1. The zero-order chi connectivity index (χ0) is 18.1. The highest BCUT2D eigenvalue weighted by molar-refractivity contribution is 6.09. The van der Waals surface area contributed by atoms with Gasteiger partial charge in [-0.2, -0.15) is 0 Å². The van der Waals surface area contributed by atoms with E-state index in [4.69, 9.17) is 0 Å². The van der Waals surface area contributed by atoms with Gasteiger partial charge in [0.05, 0.1) is 12.2 Å². The van der Waals surface area contributed by atoms with E-state index in [9.17, 15) is 15.0 Å². The lowest BCUT2D eigenvalue weighted by Crippen LogP contribution is -2.55. The van der Waals surface area contributed by atoms with Crippen LogP contribution in [0, 0.1) is 40.9 Å². The number of ketones is 1. The normalized spacial score (nSPS) is 52.1. The summed E-state index contributed by atoms with van der Waals surface area (Å²) in [6, 6.07) is 0. The Kier molecular flexibility index (Phi) is 3.86. The molecule has 5 rings (SSSR count). The Labute approximate surface area is 157 Å². The van der Waals surface area contributed by atoms with Gasteiger partial charge in [-0.25, -0.2) is 0 Å². The number of fused-ring (bicyclic) bond motifs is 7. The lowest BCUT2D eigenvalue weighted by atomic mass is 9.46. The minimum atomic E-state index is -0.719. The Balaban J connectivity index is 1.51. The number of carbonyl (C=O) groups is 1. The zero-order valence-corrected chi connectivity index (χ0v) is 15.9. The number of carbonyl (C=O) groups excluding carboxylic acids is 1. The van der Waals surface area contributed by atoms with Crippen molar-refractivity contribution < 1.29 is 15.0 Å². The van der Waals surface area contributed by atoms with Crippen LogP contribution in [0.15, 0.2) is 23.8 Å². The van der Waals surface area contributed by atoms with E-state index in [0.717, 1.165) is 44.3 Å². The molecule has 4 fully saturated rings. The van der Waals surface area contributed by atoms with E-state index < -0.39 is 5.60 Å². The van der Waals surface area contributed by atoms with Gasteiger partial charge in [-0.15, -0.1) is 0 Å². The van der Waals surface area contributed by atoms with Gasteiger partial charge in [0.2, 0.25) is 0 Å². The van der Waals surface area contributed by atoms with Crippen LogP contribution in [0.3, 0.4) is 0 Å². The Morgan fingerprint density at radius 1 is 1.19 bits per heavy atom. The molecule has 0 aromatic rings. The van der Waals surface area contributed by atoms with Crippen LogP contribution in [-0.4, -0.2) is 36.1 Å². The molecule has 0 spiro atoms. The standard InChI is InChI=1S/C22H31BO3/c23-12-21-8-6-16-15-5-3-14(25)10-13(15)2-4-17(16)20(21)18-11-19(18)22(21,26)7-1-9-24/h1,7,10,15-20,24,26H,2-6,8-9,11-12,23H2/b7-1-. The van der Waals surface area contributed by atoms with Gasteiger partial charge in [-0.05, 0) is 85.5 Å². The van der Waals surface area contributed by atoms with Crippen molar-refractivity contribution in [3.63, 3.8) is 0 Å². The molecule has 140 valence electrons. The van der Waals surface area contributed by atoms with Crippen molar-refractivity contribution in [3.05, 3.63) is 23.8 Å². The van der Waals surface area contributed by atoms with Crippen molar-refractivity contribution >= 4 is 13.6 Å². The van der Waals surface area contributed by atoms with Crippen LogP contribution in [0.25, 0.3) is 0 Å². The van der Waals surface area contributed by atoms with Crippen molar-refractivity contribution in [2.45, 2.75) is 56.9 Å². The van der Waals surface area contributed by atoms with Gasteiger partial charge in [0.1, 0.15) is 7.85 Å². The minimum Gasteiger partial charge on any atom is -0.392 e. The number of hydrogen-bond acceptors (Lipinski definition) is 3. The first-order valence-electron chi connectivity index (χ1n) is 10.8. The predicted molar refractivity (Wildman–Crippen MR) is 103 cm³/mol. The van der Waals surface area contributed by atoms with Crippen molar-refractivity contribution in [3.8, 4) is 0 Å². The van der Waals surface area contributed by atoms with Crippen molar-refractivity contribution in [2.24, 2.45) is 40.9 Å². The molecule has 0 amide bonds. The van der Waals surface area contributed by atoms with Gasteiger partial charge in [0.25, 0.3) is 0 Å². The second-order valence-electron chi connectivity index (χ2n) is 9.69. The number of allylic oxidation sites excluding steroid dienone is 1. The van der Waals surface area contributed by atoms with Crippen LogP contribution in [0.2, 0.25) is 6.32 Å². The highest BCUT2D eigenvalue weighted by atomic mass is 16.3. The molecule has 0 saturated heterocycles. The maximum atomic E-state index is 11.9. The molecule has 0 aliphatic heterocycles. The molecule has 26 heavy (non-hydrogen) atoms. The fourth-order valence-corrected chi connectivity index (χ4v) is 8.22. The molecule has 0 bridgehead atoms. The molecule has 0 aromatic carbocycles. The summed E-state index contributed by atoms with van der Waals surface area (Å²) in [7, 11) is 2.27. The van der Waals surface area contributed by atoms with Gasteiger partial charge < -0.3 is 10.2 Å². The molecule has 5 aliphatic carbocycles. The summed E-state index contributed by atoms with van der Waals surface area (Å²) >= 11 is 0. The maximum Gasteiger partial charge on any atom is 0.155 e. The third-order valence-electron chi connectivity index (χ3n) is 9.15. The van der Waals surface area contributed by atoms with Crippen LogP contribution in [0.5, 0.6) is 0 Å². The fourth-order valence-electron chi connectivity index (χ4n) is 8.22. The number of hydrogen-bond donors (Lipinski definition) is 2. The first kappa shape index (κ1) is 17.2. The van der Waals surface area contributed by atoms with E-state index >= 15 is 0 Å². The summed E-state index contributed by atoms with van der Waals surface area (Å²) in [5.41, 5.74) is 0.718. The molecule has 5 aliphatic rings. The topological polar surface area (TPSA) is 57.5 Å². The molecule has 0 heterocycles. The minimum absolute atomic E-state index is 0.000869. The first-order valence-corrected chi connectivity index (χ1v) is 10.8. The quantitative estimate of drug-likeness (QED) is 0.604. The molecule has 2 N–H and O–H groups in total. The van der Waals surface area contributed by atoms with E-state index in [1.165, 1.54) is 18.4 Å². The summed E-state index contributed by atoms with van der Waals surface area (Å²) in [6.07, 6.45) is 14.3. The van der Waals surface area contributed by atoms with Crippen LogP contribution >= 0.6 is 0 Å². The molecule has 3 nitrogen and oxygen atoms in total. The highest BCUT2D eigenvalue weighted by Crippen LogP contribution is 2.77. The van der Waals surface area contributed by atoms with Gasteiger partial charge >= 0.3 is 0 Å². The van der Waals surface area contributed by atoms with Crippen molar-refractivity contribution in [1.29, 1.82) is 0 Å². The van der Waals surface area contributed by atoms with E-state index in [2.05, 4.69) is 7.85 Å². The van der Waals surface area contributed by atoms with Gasteiger partial charge in [0, 0.05) is 6.42 Å². The Morgan fingerprint density at radius 2 is 2.04 bits per heavy atom. The summed E-state index contributed by atoms with van der Waals surface area (Å²) in [4.78, 5) is 11.9. The molecular formula is C22H31BO3. The molecule has 4 heteroatoms. The lowest BCUT2D eigenvalue weighted by molar-refractivity contribution is -0.119. The third-order valence-corrected chi connectivity index (χ3v) is 9.15. The summed E-state index contributed by atoms with van der Waals surface area (Å²) in [5.74, 6) is 4.10. The smallest absolute Gasteiger partial charge is 0.155 e. The van der Waals surface area contributed by atoms with Crippen LogP contribution in [0.1, 0.15) is 44.9 Å². The van der Waals surface area contributed by atoms with E-state index in [0.29, 0.717) is 35.4 Å². The average molecular weight is 354 g/mol. The third kappa shape index (κ3) is 2.06. The first-order chi connectivity index (χ1) is 12.6. The predicted octanol–water partition coefficient (Wildman–Crippen LogP) is 2.30. The van der Waals surface area contributed by atoms with Crippen LogP contribution in [-0.2, 0) is 4.79 Å². The van der Waals surface area contributed by atoms with E-state index in [1.54, 1.807) is 6.08 Å². The number of aliphatic hydroxyl groups is 2. The van der Waals surface area contributed by atoms with Crippen molar-refractivity contribution in [2.75, 3.05) is 6.61 Å². The Morgan fingerprint density at radius 3 is 2.81 bits per heavy atom. The number of aliphatic hydroxyl groups excluding tert-OH is 1. The lowest BCUT2D eigenvalue weighted by Gasteiger charge is -2.58. The molecule has 8 atom stereocenters.